The van der Waals surface area contributed by atoms with Crippen LogP contribution in [0.4, 0.5) is 0 Å². The molecule has 0 aliphatic heterocycles. The molecule has 0 heterocycles. The molecule has 0 amide bonds. The summed E-state index contributed by atoms with van der Waals surface area (Å²) in [5, 5.41) is 28.2. The van der Waals surface area contributed by atoms with Crippen molar-refractivity contribution in [1.29, 1.82) is 0 Å². The highest BCUT2D eigenvalue weighted by Gasteiger charge is 2.27. The Bertz CT molecular complexity index is 1250. The van der Waals surface area contributed by atoms with Crippen molar-refractivity contribution in [2.24, 2.45) is 0 Å². The average molecular weight is 837 g/mol. The first-order valence-corrected chi connectivity index (χ1v) is 23.1. The SMILES string of the molecule is CC/C=C\CC(O)/C=C/C=C/C/C=C\C/C=C\C/C=C\CCC(=O)O[C@H](COC(=O)CCCCCCC/C=C\CCCCCCCC)COP(=O)(O)OC[C@@H](O)CO. The molecular weight excluding hydrogens is 759 g/mol. The van der Waals surface area contributed by atoms with Crippen LogP contribution >= 0.6 is 7.82 Å². The molecule has 58 heavy (non-hydrogen) atoms. The second-order valence-corrected chi connectivity index (χ2v) is 15.6. The van der Waals surface area contributed by atoms with E-state index in [-0.39, 0.29) is 19.4 Å². The lowest BCUT2D eigenvalue weighted by atomic mass is 10.1. The predicted octanol–water partition coefficient (Wildman–Crippen LogP) is 10.4. The highest BCUT2D eigenvalue weighted by Crippen LogP contribution is 2.43. The third kappa shape index (κ3) is 39.9. The lowest BCUT2D eigenvalue weighted by Crippen LogP contribution is -2.29. The molecule has 0 fully saturated rings. The number of phosphoric acid groups is 1. The minimum absolute atomic E-state index is 0.0376. The van der Waals surface area contributed by atoms with Crippen molar-refractivity contribution < 1.29 is 52.9 Å². The van der Waals surface area contributed by atoms with Crippen LogP contribution in [0.15, 0.2) is 85.1 Å². The topological polar surface area (TPSA) is 169 Å². The molecule has 0 saturated carbocycles. The summed E-state index contributed by atoms with van der Waals surface area (Å²) >= 11 is 0. The normalized spacial score (nSPS) is 15.2. The number of aliphatic hydroxyl groups excluding tert-OH is 3. The van der Waals surface area contributed by atoms with Gasteiger partial charge in [0.05, 0.1) is 25.9 Å². The van der Waals surface area contributed by atoms with Crippen molar-refractivity contribution in [3.05, 3.63) is 85.1 Å². The average Bonchev–Trinajstić information content (AvgIpc) is 3.20. The van der Waals surface area contributed by atoms with Crippen LogP contribution in [0.1, 0.15) is 149 Å². The number of hydrogen-bond acceptors (Lipinski definition) is 10. The Kier molecular flexibility index (Phi) is 38.8. The first-order valence-electron chi connectivity index (χ1n) is 21.7. The van der Waals surface area contributed by atoms with Crippen LogP contribution in [-0.4, -0.2) is 76.9 Å². The molecule has 0 spiro atoms. The van der Waals surface area contributed by atoms with Gasteiger partial charge < -0.3 is 29.7 Å². The molecule has 12 heteroatoms. The maximum absolute atomic E-state index is 12.6. The summed E-state index contributed by atoms with van der Waals surface area (Å²) in [5.41, 5.74) is 0. The van der Waals surface area contributed by atoms with Gasteiger partial charge in [0.25, 0.3) is 0 Å². The Labute approximate surface area is 350 Å². The number of aliphatic hydroxyl groups is 3. The van der Waals surface area contributed by atoms with Gasteiger partial charge in [0, 0.05) is 12.8 Å². The molecule has 0 aromatic rings. The summed E-state index contributed by atoms with van der Waals surface area (Å²) in [6.07, 6.45) is 44.6. The number of hydrogen-bond donors (Lipinski definition) is 4. The lowest BCUT2D eigenvalue weighted by molar-refractivity contribution is -0.161. The summed E-state index contributed by atoms with van der Waals surface area (Å²) in [6, 6.07) is 0. The molecule has 332 valence electrons. The van der Waals surface area contributed by atoms with Gasteiger partial charge in [0.15, 0.2) is 6.10 Å². The Morgan fingerprint density at radius 1 is 0.603 bits per heavy atom. The predicted molar refractivity (Wildman–Crippen MR) is 234 cm³/mol. The van der Waals surface area contributed by atoms with Crippen molar-refractivity contribution in [2.75, 3.05) is 26.4 Å². The van der Waals surface area contributed by atoms with Gasteiger partial charge in [0.2, 0.25) is 0 Å². The summed E-state index contributed by atoms with van der Waals surface area (Å²) < 4.78 is 32.6. The number of esters is 2. The standard InChI is InChI=1S/C46H77O11P/c1-3-5-7-8-9-10-11-12-13-16-19-22-25-28-32-36-45(50)54-40-44(41-56-58(52,53)55-39-43(49)38-47)57-46(51)37-33-29-26-23-20-17-14-15-18-21-24-27-31-35-42(48)34-30-6-4-2/h6,12-13,15,17-18,20,24,26-27,29-31,35,42-44,47-49H,3-5,7-11,14,16,19,21-23,25,28,32-34,36-41H2,1-2H3,(H,52,53)/b13-12-,18-15-,20-17-,27-24+,29-26-,30-6-,35-31+/t42?,43-,44+/m0/s1. The molecular formula is C46H77O11P. The number of allylic oxidation sites excluding steroid dienone is 12. The van der Waals surface area contributed by atoms with Crippen molar-refractivity contribution >= 4 is 19.8 Å². The zero-order valence-electron chi connectivity index (χ0n) is 35.6. The highest BCUT2D eigenvalue weighted by atomic mass is 31.2. The zero-order chi connectivity index (χ0) is 42.8. The molecule has 0 rings (SSSR count). The fourth-order valence-corrected chi connectivity index (χ4v) is 6.06. The van der Waals surface area contributed by atoms with Crippen LogP contribution in [0.2, 0.25) is 0 Å². The maximum atomic E-state index is 12.6. The number of phosphoric ester groups is 1. The van der Waals surface area contributed by atoms with E-state index in [0.29, 0.717) is 25.7 Å². The number of rotatable bonds is 39. The van der Waals surface area contributed by atoms with Crippen LogP contribution in [0.5, 0.6) is 0 Å². The molecule has 0 saturated heterocycles. The Morgan fingerprint density at radius 3 is 1.81 bits per heavy atom. The van der Waals surface area contributed by atoms with Gasteiger partial charge in [-0.05, 0) is 70.6 Å². The fraction of sp³-hybridized carbons (Fsp3) is 0.652. The van der Waals surface area contributed by atoms with E-state index in [1.54, 1.807) is 6.08 Å². The van der Waals surface area contributed by atoms with Crippen LogP contribution < -0.4 is 0 Å². The van der Waals surface area contributed by atoms with E-state index in [9.17, 15) is 29.3 Å². The third-order valence-corrected chi connectivity index (χ3v) is 9.58. The monoisotopic (exact) mass is 837 g/mol. The van der Waals surface area contributed by atoms with E-state index < -0.39 is 57.9 Å². The largest absolute Gasteiger partial charge is 0.472 e. The molecule has 2 unspecified atom stereocenters. The molecule has 4 atom stereocenters. The minimum Gasteiger partial charge on any atom is -0.462 e. The van der Waals surface area contributed by atoms with Gasteiger partial charge in [-0.25, -0.2) is 4.57 Å². The molecule has 0 radical (unpaired) electrons. The van der Waals surface area contributed by atoms with Gasteiger partial charge in [-0.3, -0.25) is 18.6 Å². The van der Waals surface area contributed by atoms with E-state index in [0.717, 1.165) is 57.8 Å². The third-order valence-electron chi connectivity index (χ3n) is 8.63. The number of unbranched alkanes of at least 4 members (excludes halogenated alkanes) is 11. The van der Waals surface area contributed by atoms with Crippen LogP contribution in [0, 0.1) is 0 Å². The summed E-state index contributed by atoms with van der Waals surface area (Å²) in [4.78, 5) is 34.9. The van der Waals surface area contributed by atoms with Gasteiger partial charge in [-0.1, -0.05) is 150 Å². The first-order chi connectivity index (χ1) is 28.1. The van der Waals surface area contributed by atoms with Gasteiger partial charge >= 0.3 is 19.8 Å². The van der Waals surface area contributed by atoms with E-state index in [2.05, 4.69) is 48.8 Å². The fourth-order valence-electron chi connectivity index (χ4n) is 5.27. The van der Waals surface area contributed by atoms with Gasteiger partial charge in [-0.15, -0.1) is 0 Å². The van der Waals surface area contributed by atoms with Crippen LogP contribution in [0.3, 0.4) is 0 Å². The number of carbonyl (C=O) groups is 2. The molecule has 0 aromatic carbocycles. The molecule has 4 N–H and O–H groups in total. The number of ether oxygens (including phenoxy) is 2. The maximum Gasteiger partial charge on any atom is 0.472 e. The second kappa shape index (κ2) is 40.9. The van der Waals surface area contributed by atoms with E-state index in [1.165, 1.54) is 38.5 Å². The summed E-state index contributed by atoms with van der Waals surface area (Å²) in [7, 11) is -4.65. The quantitative estimate of drug-likeness (QED) is 0.0153. The van der Waals surface area contributed by atoms with Crippen LogP contribution in [0.25, 0.3) is 0 Å². The molecule has 11 nitrogen and oxygen atoms in total. The van der Waals surface area contributed by atoms with E-state index in [4.69, 9.17) is 19.1 Å². The van der Waals surface area contributed by atoms with E-state index >= 15 is 0 Å². The lowest BCUT2D eigenvalue weighted by Gasteiger charge is -2.20. The first kappa shape index (κ1) is 55.1. The minimum atomic E-state index is -4.65. The summed E-state index contributed by atoms with van der Waals surface area (Å²) in [6.45, 7) is 2.04. The van der Waals surface area contributed by atoms with Gasteiger partial charge in [0.1, 0.15) is 12.7 Å². The molecule has 0 aliphatic rings. The Morgan fingerprint density at radius 2 is 1.17 bits per heavy atom. The van der Waals surface area contributed by atoms with Crippen molar-refractivity contribution in [3.8, 4) is 0 Å². The van der Waals surface area contributed by atoms with Gasteiger partial charge in [-0.2, -0.15) is 0 Å². The molecule has 0 aromatic heterocycles. The zero-order valence-corrected chi connectivity index (χ0v) is 36.5. The molecule has 0 aliphatic carbocycles. The van der Waals surface area contributed by atoms with Crippen molar-refractivity contribution in [2.45, 2.75) is 167 Å². The smallest absolute Gasteiger partial charge is 0.462 e. The van der Waals surface area contributed by atoms with Crippen LogP contribution in [-0.2, 0) is 32.7 Å². The number of carbonyl (C=O) groups excluding carboxylic acids is 2. The highest BCUT2D eigenvalue weighted by molar-refractivity contribution is 7.47. The summed E-state index contributed by atoms with van der Waals surface area (Å²) in [5.74, 6) is -1.06. The van der Waals surface area contributed by atoms with Crippen molar-refractivity contribution in [3.63, 3.8) is 0 Å². The van der Waals surface area contributed by atoms with Crippen molar-refractivity contribution in [1.82, 2.24) is 0 Å². The Balaban J connectivity index is 4.50. The molecule has 0 bridgehead atoms. The second-order valence-electron chi connectivity index (χ2n) is 14.2. The van der Waals surface area contributed by atoms with E-state index in [1.807, 2.05) is 48.6 Å². The Hall–Kier alpha value is -2.89.